The molecule has 5 nitrogen and oxygen atoms in total. The Bertz CT molecular complexity index is 395. The normalized spacial score (nSPS) is 23.6. The highest BCUT2D eigenvalue weighted by atomic mass is 16.4. The molecule has 1 aromatic heterocycles. The quantitative estimate of drug-likeness (QED) is 0.804. The van der Waals surface area contributed by atoms with Crippen molar-refractivity contribution in [2.45, 2.75) is 32.2 Å². The van der Waals surface area contributed by atoms with Gasteiger partial charge in [0.05, 0.1) is 6.42 Å². The molecule has 2 rings (SSSR count). The number of nitrogens with zero attached hydrogens (tertiary/aromatic N) is 2. The minimum absolute atomic E-state index is 0.229. The number of hydrogen-bond donors (Lipinski definition) is 2. The van der Waals surface area contributed by atoms with E-state index in [1.165, 1.54) is 6.33 Å². The summed E-state index contributed by atoms with van der Waals surface area (Å²) >= 11 is 0. The molecule has 1 saturated carbocycles. The van der Waals surface area contributed by atoms with Crippen LogP contribution in [0.15, 0.2) is 12.4 Å². The summed E-state index contributed by atoms with van der Waals surface area (Å²) in [5.74, 6) is 0.288. The Morgan fingerprint density at radius 1 is 1.56 bits per heavy atom. The van der Waals surface area contributed by atoms with E-state index in [1.807, 2.05) is 13.0 Å². The molecule has 0 radical (unpaired) electrons. The van der Waals surface area contributed by atoms with Gasteiger partial charge in [0.25, 0.3) is 0 Å². The zero-order chi connectivity index (χ0) is 11.5. The molecular formula is C11H15N3O2. The van der Waals surface area contributed by atoms with Crippen LogP contribution < -0.4 is 5.32 Å². The van der Waals surface area contributed by atoms with Crippen molar-refractivity contribution in [1.29, 1.82) is 0 Å². The Morgan fingerprint density at radius 2 is 2.38 bits per heavy atom. The number of anilines is 1. The van der Waals surface area contributed by atoms with Crippen LogP contribution >= 0.6 is 0 Å². The molecule has 86 valence electrons. The van der Waals surface area contributed by atoms with Crippen molar-refractivity contribution in [2.75, 3.05) is 5.32 Å². The van der Waals surface area contributed by atoms with Crippen LogP contribution in [0.4, 0.5) is 5.82 Å². The van der Waals surface area contributed by atoms with Gasteiger partial charge in [0.2, 0.25) is 0 Å². The number of aryl methyl sites for hydroxylation is 1. The van der Waals surface area contributed by atoms with Crippen molar-refractivity contribution >= 4 is 11.8 Å². The maximum atomic E-state index is 10.6. The predicted octanol–water partition coefficient (Wildman–Crippen LogP) is 1.45. The first-order chi connectivity index (χ1) is 7.65. The predicted molar refractivity (Wildman–Crippen MR) is 59.2 cm³/mol. The highest BCUT2D eigenvalue weighted by molar-refractivity contribution is 5.67. The molecule has 1 aliphatic carbocycles. The molecule has 1 heterocycles. The molecule has 0 amide bonds. The van der Waals surface area contributed by atoms with Crippen molar-refractivity contribution in [3.63, 3.8) is 0 Å². The van der Waals surface area contributed by atoms with Gasteiger partial charge in [-0.3, -0.25) is 4.79 Å². The molecule has 1 aliphatic rings. The summed E-state index contributed by atoms with van der Waals surface area (Å²) in [6.07, 6.45) is 3.75. The SMILES string of the molecule is Cc1cc(NC2CCC2CC(=O)O)ncn1. The Balaban J connectivity index is 1.93. The van der Waals surface area contributed by atoms with E-state index in [-0.39, 0.29) is 18.4 Å². The van der Waals surface area contributed by atoms with Gasteiger partial charge >= 0.3 is 5.97 Å². The molecule has 0 bridgehead atoms. The lowest BCUT2D eigenvalue weighted by molar-refractivity contribution is -0.138. The summed E-state index contributed by atoms with van der Waals surface area (Å²) in [6.45, 7) is 1.91. The van der Waals surface area contributed by atoms with Crippen molar-refractivity contribution in [2.24, 2.45) is 5.92 Å². The standard InChI is InChI=1S/C11H15N3O2/c1-7-4-10(13-6-12-7)14-9-3-2-8(9)5-11(15)16/h4,6,8-9H,2-3,5H2,1H3,(H,15,16)(H,12,13,14). The van der Waals surface area contributed by atoms with E-state index in [4.69, 9.17) is 5.11 Å². The fourth-order valence-electron chi connectivity index (χ4n) is 1.95. The van der Waals surface area contributed by atoms with E-state index >= 15 is 0 Å². The molecule has 0 saturated heterocycles. The molecule has 16 heavy (non-hydrogen) atoms. The Labute approximate surface area is 93.9 Å². The lowest BCUT2D eigenvalue weighted by atomic mass is 9.77. The summed E-state index contributed by atoms with van der Waals surface area (Å²) < 4.78 is 0. The van der Waals surface area contributed by atoms with Gasteiger partial charge in [0, 0.05) is 17.8 Å². The Morgan fingerprint density at radius 3 is 2.94 bits per heavy atom. The van der Waals surface area contributed by atoms with Gasteiger partial charge in [-0.25, -0.2) is 9.97 Å². The van der Waals surface area contributed by atoms with Crippen LogP contribution in [0.5, 0.6) is 0 Å². The second-order valence-corrected chi connectivity index (χ2v) is 4.23. The molecule has 2 N–H and O–H groups in total. The minimum atomic E-state index is -0.727. The largest absolute Gasteiger partial charge is 0.481 e. The fraction of sp³-hybridized carbons (Fsp3) is 0.545. The number of rotatable bonds is 4. The van der Waals surface area contributed by atoms with Crippen molar-refractivity contribution in [3.05, 3.63) is 18.1 Å². The molecule has 0 aliphatic heterocycles. The third-order valence-electron chi connectivity index (χ3n) is 2.99. The van der Waals surface area contributed by atoms with Crippen molar-refractivity contribution < 1.29 is 9.90 Å². The fourth-order valence-corrected chi connectivity index (χ4v) is 1.95. The second kappa shape index (κ2) is 4.47. The third kappa shape index (κ3) is 2.48. The summed E-state index contributed by atoms with van der Waals surface area (Å²) in [6, 6.07) is 2.11. The van der Waals surface area contributed by atoms with Crippen LogP contribution in [0.3, 0.4) is 0 Å². The van der Waals surface area contributed by atoms with Crippen molar-refractivity contribution in [3.8, 4) is 0 Å². The minimum Gasteiger partial charge on any atom is -0.481 e. The van der Waals surface area contributed by atoms with Gasteiger partial charge in [-0.05, 0) is 25.7 Å². The molecule has 5 heteroatoms. The molecular weight excluding hydrogens is 206 g/mol. The average Bonchev–Trinajstić information content (AvgIpc) is 2.21. The van der Waals surface area contributed by atoms with Gasteiger partial charge in [0.1, 0.15) is 12.1 Å². The molecule has 0 spiro atoms. The van der Waals surface area contributed by atoms with Crippen molar-refractivity contribution in [1.82, 2.24) is 9.97 Å². The number of nitrogens with one attached hydrogen (secondary N) is 1. The first-order valence-corrected chi connectivity index (χ1v) is 5.42. The maximum Gasteiger partial charge on any atom is 0.303 e. The second-order valence-electron chi connectivity index (χ2n) is 4.23. The highest BCUT2D eigenvalue weighted by Gasteiger charge is 2.32. The first kappa shape index (κ1) is 10.9. The van der Waals surface area contributed by atoms with Crippen LogP contribution in [-0.2, 0) is 4.79 Å². The molecule has 1 aromatic rings. The Hall–Kier alpha value is -1.65. The highest BCUT2D eigenvalue weighted by Crippen LogP contribution is 2.32. The summed E-state index contributed by atoms with van der Waals surface area (Å²) in [5, 5.41) is 12.0. The van der Waals surface area contributed by atoms with Crippen LogP contribution in [0.25, 0.3) is 0 Å². The Kier molecular flexibility index (Phi) is 3.03. The van der Waals surface area contributed by atoms with Crippen LogP contribution in [0.2, 0.25) is 0 Å². The summed E-state index contributed by atoms with van der Waals surface area (Å²) in [5.41, 5.74) is 0.909. The number of carboxylic acid groups (broad SMARTS) is 1. The van der Waals surface area contributed by atoms with E-state index in [9.17, 15) is 4.79 Å². The van der Waals surface area contributed by atoms with E-state index in [1.54, 1.807) is 0 Å². The first-order valence-electron chi connectivity index (χ1n) is 5.42. The number of carboxylic acids is 1. The molecule has 0 aromatic carbocycles. The lowest BCUT2D eigenvalue weighted by Gasteiger charge is -2.36. The van der Waals surface area contributed by atoms with Crippen LogP contribution in [-0.4, -0.2) is 27.1 Å². The van der Waals surface area contributed by atoms with E-state index in [2.05, 4.69) is 15.3 Å². The van der Waals surface area contributed by atoms with Gasteiger partial charge in [0.15, 0.2) is 0 Å². The van der Waals surface area contributed by atoms with Gasteiger partial charge in [-0.15, -0.1) is 0 Å². The zero-order valence-corrected chi connectivity index (χ0v) is 9.18. The summed E-state index contributed by atoms with van der Waals surface area (Å²) in [7, 11) is 0. The topological polar surface area (TPSA) is 75.1 Å². The van der Waals surface area contributed by atoms with E-state index < -0.39 is 5.97 Å². The number of carbonyl (C=O) groups is 1. The number of aromatic nitrogens is 2. The van der Waals surface area contributed by atoms with Crippen LogP contribution in [0.1, 0.15) is 25.0 Å². The average molecular weight is 221 g/mol. The zero-order valence-electron chi connectivity index (χ0n) is 9.18. The molecule has 2 atom stereocenters. The number of hydrogen-bond acceptors (Lipinski definition) is 4. The summed E-state index contributed by atoms with van der Waals surface area (Å²) in [4.78, 5) is 18.7. The third-order valence-corrected chi connectivity index (χ3v) is 2.99. The molecule has 1 fully saturated rings. The van der Waals surface area contributed by atoms with Crippen LogP contribution in [0, 0.1) is 12.8 Å². The lowest BCUT2D eigenvalue weighted by Crippen LogP contribution is -2.39. The van der Waals surface area contributed by atoms with Gasteiger partial charge < -0.3 is 10.4 Å². The van der Waals surface area contributed by atoms with Gasteiger partial charge in [-0.2, -0.15) is 0 Å². The van der Waals surface area contributed by atoms with E-state index in [0.29, 0.717) is 0 Å². The smallest absolute Gasteiger partial charge is 0.303 e. The monoisotopic (exact) mass is 221 g/mol. The molecule has 2 unspecified atom stereocenters. The van der Waals surface area contributed by atoms with E-state index in [0.717, 1.165) is 24.4 Å². The maximum absolute atomic E-state index is 10.6. The number of aliphatic carboxylic acids is 1. The van der Waals surface area contributed by atoms with Gasteiger partial charge in [-0.1, -0.05) is 0 Å².